The molecule has 0 radical (unpaired) electrons. The average Bonchev–Trinajstić information content (AvgIpc) is 2.74. The summed E-state index contributed by atoms with van der Waals surface area (Å²) in [5.74, 6) is 2.50. The first-order chi connectivity index (χ1) is 14.0. The molecule has 0 amide bonds. The molecule has 0 saturated carbocycles. The van der Waals surface area contributed by atoms with Gasteiger partial charge in [0.1, 0.15) is 0 Å². The molecule has 1 atom stereocenters. The van der Waals surface area contributed by atoms with Gasteiger partial charge in [0, 0.05) is 52.4 Å². The Kier molecular flexibility index (Phi) is 12.4. The highest BCUT2D eigenvalue weighted by atomic mass is 127. The monoisotopic (exact) mass is 533 g/mol. The maximum atomic E-state index is 5.42. The van der Waals surface area contributed by atoms with E-state index in [9.17, 15) is 0 Å². The van der Waals surface area contributed by atoms with Gasteiger partial charge in [0.15, 0.2) is 17.5 Å². The highest BCUT2D eigenvalue weighted by molar-refractivity contribution is 14.0. The second kappa shape index (κ2) is 13.9. The number of guanidine groups is 1. The lowest BCUT2D eigenvalue weighted by Crippen LogP contribution is -2.49. The smallest absolute Gasteiger partial charge is 0.193 e. The van der Waals surface area contributed by atoms with Gasteiger partial charge in [0.2, 0.25) is 0 Å². The molecule has 8 heteroatoms. The number of aliphatic imine (C=N–C) groups is 1. The topological polar surface area (TPSA) is 52.6 Å². The summed E-state index contributed by atoms with van der Waals surface area (Å²) in [5.41, 5.74) is 1.22. The van der Waals surface area contributed by atoms with Crippen LogP contribution in [0.15, 0.2) is 23.2 Å². The van der Waals surface area contributed by atoms with Gasteiger partial charge in [-0.1, -0.05) is 6.07 Å². The number of likely N-dealkylation sites (N-methyl/N-ethyl adjacent to an activating group) is 2. The van der Waals surface area contributed by atoms with Crippen LogP contribution in [0.1, 0.15) is 19.4 Å². The summed E-state index contributed by atoms with van der Waals surface area (Å²) in [6, 6.07) is 6.56. The SMILES string of the molecule is CCNC(=NCC(C)N1CCN(C)CC1)N(C)CCc1ccc(OC)c(OC)c1.I. The number of ether oxygens (including phenoxy) is 2. The van der Waals surface area contributed by atoms with E-state index in [0.717, 1.165) is 69.7 Å². The second-order valence-corrected chi connectivity index (χ2v) is 7.74. The Hall–Kier alpha value is -1.26. The van der Waals surface area contributed by atoms with Crippen LogP contribution in [0.25, 0.3) is 0 Å². The van der Waals surface area contributed by atoms with Crippen LogP contribution < -0.4 is 14.8 Å². The summed E-state index contributed by atoms with van der Waals surface area (Å²) in [6.45, 7) is 11.5. The van der Waals surface area contributed by atoms with Crippen LogP contribution >= 0.6 is 24.0 Å². The molecule has 172 valence electrons. The van der Waals surface area contributed by atoms with E-state index in [-0.39, 0.29) is 24.0 Å². The van der Waals surface area contributed by atoms with Crippen molar-refractivity contribution in [3.63, 3.8) is 0 Å². The van der Waals surface area contributed by atoms with E-state index in [0.29, 0.717) is 6.04 Å². The standard InChI is InChI=1S/C22H39N5O2.HI/c1-7-23-22(24-17-18(2)27-14-12-25(3)13-15-27)26(4)11-10-19-8-9-20(28-5)21(16-19)29-6;/h8-9,16,18H,7,10-15,17H2,1-6H3,(H,23,24);1H. The number of nitrogens with zero attached hydrogens (tertiary/aromatic N) is 4. The Morgan fingerprint density at radius 3 is 2.43 bits per heavy atom. The number of nitrogens with one attached hydrogen (secondary N) is 1. The molecule has 1 unspecified atom stereocenters. The Morgan fingerprint density at radius 2 is 1.83 bits per heavy atom. The third-order valence-corrected chi connectivity index (χ3v) is 5.55. The molecule has 0 bridgehead atoms. The van der Waals surface area contributed by atoms with E-state index in [4.69, 9.17) is 14.5 Å². The molecule has 30 heavy (non-hydrogen) atoms. The lowest BCUT2D eigenvalue weighted by atomic mass is 10.1. The van der Waals surface area contributed by atoms with Gasteiger partial charge in [-0.25, -0.2) is 0 Å². The highest BCUT2D eigenvalue weighted by Gasteiger charge is 2.19. The van der Waals surface area contributed by atoms with Crippen LogP contribution in [0, 0.1) is 0 Å². The molecule has 7 nitrogen and oxygen atoms in total. The number of rotatable bonds is 9. The number of piperazine rings is 1. The van der Waals surface area contributed by atoms with Gasteiger partial charge < -0.3 is 24.6 Å². The molecule has 0 aromatic heterocycles. The first kappa shape index (κ1) is 26.8. The zero-order valence-electron chi connectivity index (χ0n) is 19.5. The maximum Gasteiger partial charge on any atom is 0.193 e. The van der Waals surface area contributed by atoms with Crippen LogP contribution in [0.4, 0.5) is 0 Å². The molecule has 1 N–H and O–H groups in total. The molecule has 1 heterocycles. The molecule has 0 aliphatic carbocycles. The minimum Gasteiger partial charge on any atom is -0.493 e. The first-order valence-electron chi connectivity index (χ1n) is 10.6. The Morgan fingerprint density at radius 1 is 1.17 bits per heavy atom. The number of benzene rings is 1. The van der Waals surface area contributed by atoms with E-state index < -0.39 is 0 Å². The van der Waals surface area contributed by atoms with Crippen LogP contribution in [0.5, 0.6) is 11.5 Å². The van der Waals surface area contributed by atoms with E-state index in [1.54, 1.807) is 14.2 Å². The summed E-state index contributed by atoms with van der Waals surface area (Å²) in [4.78, 5) is 12.0. The van der Waals surface area contributed by atoms with Gasteiger partial charge >= 0.3 is 0 Å². The van der Waals surface area contributed by atoms with Crippen molar-refractivity contribution in [3.05, 3.63) is 23.8 Å². The van der Waals surface area contributed by atoms with E-state index in [2.05, 4.69) is 54.0 Å². The van der Waals surface area contributed by atoms with Crippen molar-refractivity contribution in [1.29, 1.82) is 0 Å². The Labute approximate surface area is 199 Å². The molecule has 1 aromatic rings. The van der Waals surface area contributed by atoms with Crippen molar-refractivity contribution in [3.8, 4) is 11.5 Å². The third kappa shape index (κ3) is 8.11. The van der Waals surface area contributed by atoms with E-state index in [1.807, 2.05) is 12.1 Å². The van der Waals surface area contributed by atoms with Gasteiger partial charge in [0.05, 0.1) is 20.8 Å². The van der Waals surface area contributed by atoms with Crippen molar-refractivity contribution in [2.24, 2.45) is 4.99 Å². The number of hydrogen-bond donors (Lipinski definition) is 1. The quantitative estimate of drug-likeness (QED) is 0.299. The predicted molar refractivity (Wildman–Crippen MR) is 136 cm³/mol. The van der Waals surface area contributed by atoms with Crippen LogP contribution in [0.3, 0.4) is 0 Å². The normalized spacial score (nSPS) is 16.5. The zero-order chi connectivity index (χ0) is 21.2. The number of halogens is 1. The van der Waals surface area contributed by atoms with Gasteiger partial charge in [-0.2, -0.15) is 0 Å². The number of methoxy groups -OCH3 is 2. The molecule has 2 rings (SSSR count). The van der Waals surface area contributed by atoms with Gasteiger partial charge in [0.25, 0.3) is 0 Å². The fraction of sp³-hybridized carbons (Fsp3) is 0.682. The fourth-order valence-electron chi connectivity index (χ4n) is 3.51. The molecule has 1 aliphatic heterocycles. The lowest BCUT2D eigenvalue weighted by molar-refractivity contribution is 0.122. The fourth-order valence-corrected chi connectivity index (χ4v) is 3.51. The molecule has 1 fully saturated rings. The van der Waals surface area contributed by atoms with Gasteiger partial charge in [-0.15, -0.1) is 24.0 Å². The predicted octanol–water partition coefficient (Wildman–Crippen LogP) is 2.40. The van der Waals surface area contributed by atoms with Crippen molar-refractivity contribution in [2.45, 2.75) is 26.3 Å². The van der Waals surface area contributed by atoms with Crippen LogP contribution in [0.2, 0.25) is 0 Å². The zero-order valence-corrected chi connectivity index (χ0v) is 21.8. The van der Waals surface area contributed by atoms with Crippen molar-refractivity contribution in [1.82, 2.24) is 20.0 Å². The first-order valence-corrected chi connectivity index (χ1v) is 10.6. The van der Waals surface area contributed by atoms with Gasteiger partial charge in [-0.05, 0) is 45.0 Å². The minimum absolute atomic E-state index is 0. The van der Waals surface area contributed by atoms with Gasteiger partial charge in [-0.3, -0.25) is 9.89 Å². The lowest BCUT2D eigenvalue weighted by Gasteiger charge is -2.36. The largest absolute Gasteiger partial charge is 0.493 e. The highest BCUT2D eigenvalue weighted by Crippen LogP contribution is 2.27. The number of hydrogen-bond acceptors (Lipinski definition) is 5. The second-order valence-electron chi connectivity index (χ2n) is 7.74. The molecular weight excluding hydrogens is 493 g/mol. The summed E-state index contributed by atoms with van der Waals surface area (Å²) in [5, 5.41) is 3.43. The molecule has 1 aromatic carbocycles. The molecular formula is C22H40IN5O2. The van der Waals surface area contributed by atoms with Crippen molar-refractivity contribution < 1.29 is 9.47 Å². The minimum atomic E-state index is 0. The van der Waals surface area contributed by atoms with E-state index >= 15 is 0 Å². The Balaban J connectivity index is 0.00000450. The van der Waals surface area contributed by atoms with E-state index in [1.165, 1.54) is 5.56 Å². The summed E-state index contributed by atoms with van der Waals surface area (Å²) >= 11 is 0. The molecule has 1 aliphatic rings. The maximum absolute atomic E-state index is 5.42. The summed E-state index contributed by atoms with van der Waals surface area (Å²) in [6.07, 6.45) is 0.912. The van der Waals surface area contributed by atoms with Crippen molar-refractivity contribution >= 4 is 29.9 Å². The van der Waals surface area contributed by atoms with Crippen LogP contribution in [-0.4, -0.2) is 101 Å². The average molecular weight is 533 g/mol. The molecule has 0 spiro atoms. The molecule has 1 saturated heterocycles. The summed E-state index contributed by atoms with van der Waals surface area (Å²) in [7, 11) is 7.62. The Bertz CT molecular complexity index is 650. The van der Waals surface area contributed by atoms with Crippen LogP contribution in [-0.2, 0) is 6.42 Å². The van der Waals surface area contributed by atoms with Crippen molar-refractivity contribution in [2.75, 3.05) is 74.1 Å². The third-order valence-electron chi connectivity index (χ3n) is 5.55. The summed E-state index contributed by atoms with van der Waals surface area (Å²) < 4.78 is 10.7.